The first-order valence-corrected chi connectivity index (χ1v) is 20.2. The van der Waals surface area contributed by atoms with Crippen molar-refractivity contribution >= 4 is 78.4 Å². The number of hydrogen-bond acceptors (Lipinski definition) is 8. The van der Waals surface area contributed by atoms with Gasteiger partial charge >= 0.3 is 0 Å². The number of carbonyl (C=O) groups excluding carboxylic acids is 4. The maximum absolute atomic E-state index is 15.1. The number of aromatic hydroxyl groups is 2. The number of thiophene rings is 1. The standard InChI is InChI=1S/C42H36BrClN4O6S/c1-20-27-17-23(44)7-13-33(27)55-37(20)31-19-34(46(3)45-31)48-39(52)30-18-28-25(36(42(30,2)41(48)54)29-16-22(43)6-12-32(29)50)10-11-26-35(28)40(53)47(38(26)51)15-14-21-4-8-24(49)9-5-21/h4-10,12-13,16-17,19,26,28,30,35-36,49-50H,11,14-15,18H2,1-3H3. The van der Waals surface area contributed by atoms with Crippen LogP contribution in [0.2, 0.25) is 5.02 Å². The van der Waals surface area contributed by atoms with Crippen molar-refractivity contribution in [2.24, 2.45) is 36.1 Å². The van der Waals surface area contributed by atoms with Crippen LogP contribution in [0.4, 0.5) is 5.82 Å². The third-order valence-corrected chi connectivity index (χ3v) is 14.5. The number of likely N-dealkylation sites (tertiary alicyclic amines) is 1. The zero-order chi connectivity index (χ0) is 38.7. The normalized spacial score (nSPS) is 26.1. The van der Waals surface area contributed by atoms with Crippen LogP contribution in [0.25, 0.3) is 20.7 Å². The highest BCUT2D eigenvalue weighted by Gasteiger charge is 2.68. The van der Waals surface area contributed by atoms with Gasteiger partial charge < -0.3 is 10.2 Å². The van der Waals surface area contributed by atoms with Gasteiger partial charge in [0.2, 0.25) is 23.6 Å². The number of nitrogens with zero attached hydrogens (tertiary/aromatic N) is 4. The van der Waals surface area contributed by atoms with Crippen LogP contribution in [0.5, 0.6) is 11.5 Å². The first-order chi connectivity index (χ1) is 26.3. The maximum Gasteiger partial charge on any atom is 0.242 e. The lowest BCUT2D eigenvalue weighted by Gasteiger charge is -2.49. The van der Waals surface area contributed by atoms with Gasteiger partial charge in [0, 0.05) is 45.3 Å². The SMILES string of the molecule is Cc1c(-c2cc(N3C(=O)C4CC5C(=CCC6C(=O)N(CCc7ccc(O)cc7)C(=O)C65)C(c5cc(Br)ccc5O)C4(C)C3=O)n(C)n2)sc2ccc(Cl)cc12. The minimum Gasteiger partial charge on any atom is -0.508 e. The Bertz CT molecular complexity index is 2530. The molecule has 6 atom stereocenters. The summed E-state index contributed by atoms with van der Waals surface area (Å²) in [4.78, 5) is 61.7. The molecule has 0 radical (unpaired) electrons. The molecule has 2 aliphatic carbocycles. The molecule has 0 bridgehead atoms. The van der Waals surface area contributed by atoms with Crippen LogP contribution in [0.15, 0.2) is 82.9 Å². The smallest absolute Gasteiger partial charge is 0.242 e. The summed E-state index contributed by atoms with van der Waals surface area (Å²) in [5, 5.41) is 27.6. The van der Waals surface area contributed by atoms with Crippen LogP contribution in [0.1, 0.15) is 42.4 Å². The number of phenolic OH excluding ortho intramolecular Hbond substituents is 2. The number of rotatable bonds is 6. The molecular formula is C42H36BrClN4O6S. The Morgan fingerprint density at radius 3 is 2.49 bits per heavy atom. The molecule has 4 heterocycles. The van der Waals surface area contributed by atoms with Gasteiger partial charge in [0.05, 0.1) is 28.0 Å². The van der Waals surface area contributed by atoms with Crippen molar-refractivity contribution in [3.8, 4) is 22.1 Å². The number of aromatic nitrogens is 2. The van der Waals surface area contributed by atoms with Gasteiger partial charge in [-0.25, -0.2) is 4.90 Å². The topological polar surface area (TPSA) is 133 Å². The van der Waals surface area contributed by atoms with Crippen LogP contribution in [-0.4, -0.2) is 55.1 Å². The van der Waals surface area contributed by atoms with E-state index in [0.29, 0.717) is 39.4 Å². The van der Waals surface area contributed by atoms with E-state index in [-0.39, 0.29) is 36.3 Å². The number of aryl methyl sites for hydroxylation is 2. The fraction of sp³-hybridized carbons (Fsp3) is 0.310. The second-order valence-electron chi connectivity index (χ2n) is 15.3. The molecule has 280 valence electrons. The van der Waals surface area contributed by atoms with Crippen LogP contribution < -0.4 is 4.90 Å². The van der Waals surface area contributed by atoms with E-state index in [9.17, 15) is 24.6 Å². The average Bonchev–Trinajstić information content (AvgIpc) is 3.82. The Kier molecular flexibility index (Phi) is 8.41. The Balaban J connectivity index is 1.11. The molecule has 55 heavy (non-hydrogen) atoms. The van der Waals surface area contributed by atoms with Crippen molar-refractivity contribution < 1.29 is 29.4 Å². The highest BCUT2D eigenvalue weighted by molar-refractivity contribution is 9.10. The molecule has 6 unspecified atom stereocenters. The zero-order valence-electron chi connectivity index (χ0n) is 30.1. The summed E-state index contributed by atoms with van der Waals surface area (Å²) in [5.74, 6) is -4.32. The minimum atomic E-state index is -1.33. The van der Waals surface area contributed by atoms with E-state index < -0.39 is 46.8 Å². The minimum absolute atomic E-state index is 0.0249. The lowest BCUT2D eigenvalue weighted by molar-refractivity contribution is -0.140. The van der Waals surface area contributed by atoms with E-state index in [1.165, 1.54) is 9.80 Å². The van der Waals surface area contributed by atoms with E-state index in [1.54, 1.807) is 78.5 Å². The first kappa shape index (κ1) is 35.9. The van der Waals surface area contributed by atoms with Gasteiger partial charge in [0.15, 0.2) is 0 Å². The number of benzene rings is 3. The van der Waals surface area contributed by atoms with E-state index in [0.717, 1.165) is 31.7 Å². The van der Waals surface area contributed by atoms with E-state index in [1.807, 2.05) is 31.2 Å². The molecule has 13 heteroatoms. The largest absolute Gasteiger partial charge is 0.508 e. The molecule has 2 N–H and O–H groups in total. The summed E-state index contributed by atoms with van der Waals surface area (Å²) in [6, 6.07) is 19.2. The second kappa shape index (κ2) is 12.9. The monoisotopic (exact) mass is 838 g/mol. The van der Waals surface area contributed by atoms with E-state index in [4.69, 9.17) is 16.7 Å². The summed E-state index contributed by atoms with van der Waals surface area (Å²) in [6.07, 6.45) is 2.91. The van der Waals surface area contributed by atoms with Crippen molar-refractivity contribution in [2.75, 3.05) is 11.4 Å². The van der Waals surface area contributed by atoms with Crippen molar-refractivity contribution in [1.29, 1.82) is 0 Å². The number of anilines is 1. The fourth-order valence-corrected chi connectivity index (χ4v) is 11.4. The molecule has 2 saturated heterocycles. The van der Waals surface area contributed by atoms with Crippen molar-refractivity contribution in [3.63, 3.8) is 0 Å². The number of hydrogen-bond donors (Lipinski definition) is 2. The second-order valence-corrected chi connectivity index (χ2v) is 17.7. The molecule has 3 fully saturated rings. The first-order valence-electron chi connectivity index (χ1n) is 18.2. The van der Waals surface area contributed by atoms with Gasteiger partial charge in [0.1, 0.15) is 23.0 Å². The van der Waals surface area contributed by atoms with Crippen LogP contribution in [0.3, 0.4) is 0 Å². The summed E-state index contributed by atoms with van der Waals surface area (Å²) < 4.78 is 3.29. The van der Waals surface area contributed by atoms with Gasteiger partial charge in [-0.3, -0.25) is 28.8 Å². The molecule has 2 aromatic heterocycles. The summed E-state index contributed by atoms with van der Waals surface area (Å²) in [6.45, 7) is 3.99. The molecule has 5 aromatic rings. The van der Waals surface area contributed by atoms with E-state index >= 15 is 4.79 Å². The Morgan fingerprint density at radius 1 is 0.964 bits per heavy atom. The molecule has 0 spiro atoms. The maximum atomic E-state index is 15.1. The third-order valence-electron chi connectivity index (χ3n) is 12.4. The summed E-state index contributed by atoms with van der Waals surface area (Å²) >= 11 is 11.4. The zero-order valence-corrected chi connectivity index (χ0v) is 33.3. The molecular weight excluding hydrogens is 804 g/mol. The molecule has 4 amide bonds. The lowest BCUT2D eigenvalue weighted by Crippen LogP contribution is -2.49. The van der Waals surface area contributed by atoms with Crippen LogP contribution in [-0.2, 0) is 32.6 Å². The molecule has 1 saturated carbocycles. The summed E-state index contributed by atoms with van der Waals surface area (Å²) in [7, 11) is 1.71. The van der Waals surface area contributed by atoms with Gasteiger partial charge in [-0.15, -0.1) is 11.3 Å². The Morgan fingerprint density at radius 2 is 1.73 bits per heavy atom. The molecule has 10 nitrogen and oxygen atoms in total. The average molecular weight is 840 g/mol. The van der Waals surface area contributed by atoms with E-state index in [2.05, 4.69) is 15.9 Å². The quantitative estimate of drug-likeness (QED) is 0.131. The number of amides is 4. The van der Waals surface area contributed by atoms with Crippen LogP contribution in [0, 0.1) is 36.0 Å². The van der Waals surface area contributed by atoms with Gasteiger partial charge in [-0.1, -0.05) is 51.3 Å². The van der Waals surface area contributed by atoms with Gasteiger partial charge in [0.25, 0.3) is 0 Å². The number of phenols is 2. The van der Waals surface area contributed by atoms with Crippen molar-refractivity contribution in [3.05, 3.63) is 105 Å². The number of allylic oxidation sites excluding steroid dienone is 2. The predicted molar refractivity (Wildman–Crippen MR) is 213 cm³/mol. The highest BCUT2D eigenvalue weighted by atomic mass is 79.9. The van der Waals surface area contributed by atoms with Crippen LogP contribution >= 0.6 is 38.9 Å². The highest BCUT2D eigenvalue weighted by Crippen LogP contribution is 2.64. The van der Waals surface area contributed by atoms with Gasteiger partial charge in [-0.05, 0) is 104 Å². The predicted octanol–water partition coefficient (Wildman–Crippen LogP) is 7.91. The summed E-state index contributed by atoms with van der Waals surface area (Å²) in [5.41, 5.74) is 2.44. The molecule has 9 rings (SSSR count). The lowest BCUT2D eigenvalue weighted by atomic mass is 9.51. The number of fused-ring (bicyclic) bond motifs is 5. The molecule has 4 aliphatic rings. The fourth-order valence-electron chi connectivity index (χ4n) is 9.74. The molecule has 3 aromatic carbocycles. The van der Waals surface area contributed by atoms with Gasteiger partial charge in [-0.2, -0.15) is 5.10 Å². The Hall–Kier alpha value is -4.78. The molecule has 2 aliphatic heterocycles. The number of imide groups is 2. The van der Waals surface area contributed by atoms with Crippen molar-refractivity contribution in [1.82, 2.24) is 14.7 Å². The Labute approximate surface area is 334 Å². The third kappa shape index (κ3) is 5.35. The van der Waals surface area contributed by atoms with Crippen molar-refractivity contribution in [2.45, 2.75) is 39.0 Å². The number of halogens is 2. The number of carbonyl (C=O) groups is 4.